The van der Waals surface area contributed by atoms with Crippen LogP contribution < -0.4 is 9.30 Å². The van der Waals surface area contributed by atoms with Crippen LogP contribution >= 0.6 is 0 Å². The van der Waals surface area contributed by atoms with Crippen LogP contribution in [0.1, 0.15) is 33.4 Å². The molecule has 1 aromatic heterocycles. The second-order valence-electron chi connectivity index (χ2n) is 7.33. The Morgan fingerprint density at radius 3 is 2.26 bits per heavy atom. The number of rotatable bonds is 2. The maximum absolute atomic E-state index is 6.35. The molecule has 0 atom stereocenters. The maximum atomic E-state index is 6.35. The van der Waals surface area contributed by atoms with Gasteiger partial charge in [0, 0.05) is 23.3 Å². The summed E-state index contributed by atoms with van der Waals surface area (Å²) in [4.78, 5) is 0. The Balaban J connectivity index is 1.88. The highest BCUT2D eigenvalue weighted by Crippen LogP contribution is 2.40. The zero-order valence-corrected chi connectivity index (χ0v) is 16.3. The lowest BCUT2D eigenvalue weighted by Crippen LogP contribution is -2.25. The zero-order chi connectivity index (χ0) is 19.0. The summed E-state index contributed by atoms with van der Waals surface area (Å²) in [7, 11) is 2.03. The number of hydrogen-bond acceptors (Lipinski definition) is 1. The minimum Gasteiger partial charge on any atom is -0.456 e. The van der Waals surface area contributed by atoms with Gasteiger partial charge in [0.2, 0.25) is 0 Å². The Hall–Kier alpha value is -3.13. The zero-order valence-electron chi connectivity index (χ0n) is 16.3. The monoisotopic (exact) mass is 354 g/mol. The van der Waals surface area contributed by atoms with Crippen molar-refractivity contribution >= 4 is 17.4 Å². The standard InChI is InChI=1S/C25H24NO/c1-17-5-7-21(8-6-17)24-16-22(15-20-9-11-26(4)12-10-20)23-14-18(2)13-19(3)25(23)27-24/h5-16H,1-4H3/q+1. The second-order valence-corrected chi connectivity index (χ2v) is 7.33. The molecule has 134 valence electrons. The average Bonchev–Trinajstić information content (AvgIpc) is 2.64. The van der Waals surface area contributed by atoms with Gasteiger partial charge in [-0.05, 0) is 61.3 Å². The van der Waals surface area contributed by atoms with Crippen LogP contribution in [0.3, 0.4) is 0 Å². The van der Waals surface area contributed by atoms with Crippen molar-refractivity contribution in [3.05, 3.63) is 100 Å². The Morgan fingerprint density at radius 1 is 0.852 bits per heavy atom. The van der Waals surface area contributed by atoms with E-state index in [-0.39, 0.29) is 0 Å². The van der Waals surface area contributed by atoms with Crippen molar-refractivity contribution in [1.29, 1.82) is 0 Å². The van der Waals surface area contributed by atoms with Gasteiger partial charge in [-0.3, -0.25) is 0 Å². The molecule has 2 heteroatoms. The van der Waals surface area contributed by atoms with Crippen molar-refractivity contribution in [2.75, 3.05) is 0 Å². The van der Waals surface area contributed by atoms with Crippen LogP contribution in [0.15, 0.2) is 67.0 Å². The summed E-state index contributed by atoms with van der Waals surface area (Å²) in [6, 6.07) is 17.1. The molecule has 0 N–H and O–H groups in total. The van der Waals surface area contributed by atoms with E-state index >= 15 is 0 Å². The highest BCUT2D eigenvalue weighted by molar-refractivity contribution is 5.96. The van der Waals surface area contributed by atoms with Crippen LogP contribution in [0.5, 0.6) is 5.75 Å². The van der Waals surface area contributed by atoms with Gasteiger partial charge in [-0.25, -0.2) is 4.57 Å². The van der Waals surface area contributed by atoms with Gasteiger partial charge in [0.25, 0.3) is 0 Å². The molecule has 0 fully saturated rings. The summed E-state index contributed by atoms with van der Waals surface area (Å²) in [5.74, 6) is 1.84. The molecule has 0 saturated heterocycles. The van der Waals surface area contributed by atoms with E-state index < -0.39 is 0 Å². The molecule has 0 amide bonds. The van der Waals surface area contributed by atoms with E-state index in [9.17, 15) is 0 Å². The lowest BCUT2D eigenvalue weighted by molar-refractivity contribution is -0.671. The minimum atomic E-state index is 0.891. The molecular formula is C25H24NO+. The molecule has 4 rings (SSSR count). The number of benzene rings is 2. The lowest BCUT2D eigenvalue weighted by atomic mass is 9.94. The Morgan fingerprint density at radius 2 is 1.56 bits per heavy atom. The molecule has 1 aliphatic heterocycles. The smallest absolute Gasteiger partial charge is 0.169 e. The number of aromatic nitrogens is 1. The summed E-state index contributed by atoms with van der Waals surface area (Å²) in [5.41, 5.74) is 8.24. The van der Waals surface area contributed by atoms with Gasteiger partial charge in [0.15, 0.2) is 12.4 Å². The van der Waals surface area contributed by atoms with Crippen LogP contribution in [0.4, 0.5) is 0 Å². The van der Waals surface area contributed by atoms with Crippen LogP contribution in [0.25, 0.3) is 17.4 Å². The molecular weight excluding hydrogens is 330 g/mol. The largest absolute Gasteiger partial charge is 0.456 e. The molecule has 2 aromatic carbocycles. The molecule has 3 aromatic rings. The molecule has 0 spiro atoms. The van der Waals surface area contributed by atoms with Crippen molar-refractivity contribution in [3.63, 3.8) is 0 Å². The lowest BCUT2D eigenvalue weighted by Gasteiger charge is -2.23. The van der Waals surface area contributed by atoms with Crippen molar-refractivity contribution < 1.29 is 9.30 Å². The van der Waals surface area contributed by atoms with Crippen LogP contribution in [0, 0.1) is 20.8 Å². The van der Waals surface area contributed by atoms with Gasteiger partial charge < -0.3 is 4.74 Å². The van der Waals surface area contributed by atoms with Gasteiger partial charge in [-0.15, -0.1) is 0 Å². The summed E-state index contributed by atoms with van der Waals surface area (Å²) >= 11 is 0. The Bertz CT molecular complexity index is 1050. The first-order valence-corrected chi connectivity index (χ1v) is 9.25. The van der Waals surface area contributed by atoms with E-state index in [4.69, 9.17) is 4.74 Å². The van der Waals surface area contributed by atoms with Gasteiger partial charge >= 0.3 is 0 Å². The summed E-state index contributed by atoms with van der Waals surface area (Å²) in [6.07, 6.45) is 8.52. The summed E-state index contributed by atoms with van der Waals surface area (Å²) < 4.78 is 8.39. The van der Waals surface area contributed by atoms with Crippen LogP contribution in [-0.2, 0) is 7.05 Å². The van der Waals surface area contributed by atoms with E-state index in [2.05, 4.69) is 93.8 Å². The third kappa shape index (κ3) is 3.56. The highest BCUT2D eigenvalue weighted by Gasteiger charge is 2.20. The number of pyridine rings is 1. The number of nitrogens with zero attached hydrogens (tertiary/aromatic N) is 1. The molecule has 0 bridgehead atoms. The maximum Gasteiger partial charge on any atom is 0.169 e. The van der Waals surface area contributed by atoms with Gasteiger partial charge in [0.05, 0.1) is 0 Å². The van der Waals surface area contributed by atoms with Crippen LogP contribution in [-0.4, -0.2) is 0 Å². The quantitative estimate of drug-likeness (QED) is 0.561. The topological polar surface area (TPSA) is 13.1 Å². The molecule has 2 nitrogen and oxygen atoms in total. The fourth-order valence-electron chi connectivity index (χ4n) is 3.43. The number of ether oxygens (including phenoxy) is 1. The Kier molecular flexibility index (Phi) is 4.41. The van der Waals surface area contributed by atoms with Gasteiger partial charge in [-0.2, -0.15) is 0 Å². The van der Waals surface area contributed by atoms with Crippen molar-refractivity contribution in [2.45, 2.75) is 20.8 Å². The first-order chi connectivity index (χ1) is 13.0. The fraction of sp³-hybridized carbons (Fsp3) is 0.160. The average molecular weight is 354 g/mol. The predicted octanol–water partition coefficient (Wildman–Crippen LogP) is 5.41. The van der Waals surface area contributed by atoms with Gasteiger partial charge in [0.1, 0.15) is 18.6 Å². The molecule has 27 heavy (non-hydrogen) atoms. The third-order valence-corrected chi connectivity index (χ3v) is 4.89. The van der Waals surface area contributed by atoms with Crippen molar-refractivity contribution in [3.8, 4) is 5.75 Å². The Labute approximate surface area is 161 Å². The normalized spacial score (nSPS) is 14.5. The molecule has 2 heterocycles. The van der Waals surface area contributed by atoms with Crippen LogP contribution in [0.2, 0.25) is 0 Å². The van der Waals surface area contributed by atoms with E-state index in [0.717, 1.165) is 28.2 Å². The van der Waals surface area contributed by atoms with Crippen molar-refractivity contribution in [2.24, 2.45) is 7.05 Å². The minimum absolute atomic E-state index is 0.891. The highest BCUT2D eigenvalue weighted by atomic mass is 16.5. The van der Waals surface area contributed by atoms with E-state index in [1.54, 1.807) is 0 Å². The molecule has 1 aliphatic rings. The second kappa shape index (κ2) is 6.88. The summed E-state index contributed by atoms with van der Waals surface area (Å²) in [6.45, 7) is 6.35. The molecule has 0 aliphatic carbocycles. The SMILES string of the molecule is Cc1ccc(C2=CC(=Cc3cc[n+](C)cc3)c3cc(C)cc(C)c3O2)cc1. The fourth-order valence-corrected chi connectivity index (χ4v) is 3.43. The number of allylic oxidation sites excluding steroid dienone is 2. The van der Waals surface area contributed by atoms with E-state index in [0.29, 0.717) is 0 Å². The predicted molar refractivity (Wildman–Crippen MR) is 111 cm³/mol. The van der Waals surface area contributed by atoms with E-state index in [1.807, 2.05) is 11.6 Å². The molecule has 0 unspecified atom stereocenters. The number of hydrogen-bond donors (Lipinski definition) is 0. The third-order valence-electron chi connectivity index (χ3n) is 4.89. The van der Waals surface area contributed by atoms with Gasteiger partial charge in [-0.1, -0.05) is 35.9 Å². The molecule has 0 saturated carbocycles. The van der Waals surface area contributed by atoms with E-state index in [1.165, 1.54) is 22.3 Å². The first kappa shape index (κ1) is 17.3. The summed E-state index contributed by atoms with van der Waals surface area (Å²) in [5, 5.41) is 0. The first-order valence-electron chi connectivity index (χ1n) is 9.25. The number of aryl methyl sites for hydroxylation is 4. The molecule has 0 radical (unpaired) electrons. The number of fused-ring (bicyclic) bond motifs is 1. The van der Waals surface area contributed by atoms with Crippen molar-refractivity contribution in [1.82, 2.24) is 0 Å².